The van der Waals surface area contributed by atoms with Crippen LogP contribution in [0.3, 0.4) is 0 Å². The largest absolute Gasteiger partial charge is 0.506 e. The molecule has 2 aromatic heterocycles. The van der Waals surface area contributed by atoms with Crippen molar-refractivity contribution in [3.8, 4) is 5.75 Å². The van der Waals surface area contributed by atoms with Gasteiger partial charge in [-0.15, -0.1) is 0 Å². The number of benzene rings is 2. The second kappa shape index (κ2) is 11.9. The van der Waals surface area contributed by atoms with E-state index in [1.54, 1.807) is 6.07 Å². The molecule has 1 aliphatic rings. The van der Waals surface area contributed by atoms with Gasteiger partial charge < -0.3 is 25.2 Å². The van der Waals surface area contributed by atoms with Gasteiger partial charge in [0.2, 0.25) is 5.95 Å². The zero-order chi connectivity index (χ0) is 26.5. The average molecular weight is 513 g/mol. The Balaban J connectivity index is 1.37. The minimum atomic E-state index is 0.209. The molecule has 0 aliphatic carbocycles. The molecular weight excluding hydrogens is 472 g/mol. The molecule has 38 heavy (non-hydrogen) atoms. The molecule has 0 spiro atoms. The second-order valence-corrected chi connectivity index (χ2v) is 10.7. The number of aryl methyl sites for hydroxylation is 3. The van der Waals surface area contributed by atoms with Crippen molar-refractivity contribution in [3.05, 3.63) is 76.6 Å². The first-order valence-corrected chi connectivity index (χ1v) is 13.9. The lowest BCUT2D eigenvalue weighted by molar-refractivity contribution is 0.228. The molecule has 0 saturated carbocycles. The van der Waals surface area contributed by atoms with Crippen LogP contribution in [0, 0.1) is 20.8 Å². The summed E-state index contributed by atoms with van der Waals surface area (Å²) in [5.74, 6) is 1.03. The Morgan fingerprint density at radius 3 is 2.45 bits per heavy atom. The van der Waals surface area contributed by atoms with Crippen LogP contribution in [0.4, 0.5) is 11.6 Å². The van der Waals surface area contributed by atoms with Gasteiger partial charge in [0.15, 0.2) is 0 Å². The molecule has 1 aliphatic heterocycles. The number of rotatable bonds is 10. The van der Waals surface area contributed by atoms with Crippen molar-refractivity contribution in [1.82, 2.24) is 19.4 Å². The SMILES string of the molecule is Cc1cc(C)cc(NCc2ccc3nc(NCCCN4CCCCC4)n(Cc4nc(C)ccc4O)c3c2)c1. The highest BCUT2D eigenvalue weighted by Gasteiger charge is 2.15. The Bertz CT molecular complexity index is 1370. The van der Waals surface area contributed by atoms with E-state index in [1.165, 1.54) is 49.0 Å². The number of likely N-dealkylation sites (tertiary alicyclic amines) is 1. The van der Waals surface area contributed by atoms with Gasteiger partial charge in [-0.05, 0) is 113 Å². The number of aromatic hydroxyl groups is 1. The van der Waals surface area contributed by atoms with Crippen LogP contribution in [-0.2, 0) is 13.1 Å². The number of pyridine rings is 1. The molecule has 1 saturated heterocycles. The number of nitrogens with zero attached hydrogens (tertiary/aromatic N) is 4. The fraction of sp³-hybridized carbons (Fsp3) is 0.419. The van der Waals surface area contributed by atoms with E-state index >= 15 is 0 Å². The van der Waals surface area contributed by atoms with Gasteiger partial charge in [0.05, 0.1) is 17.6 Å². The molecule has 2 aromatic carbocycles. The smallest absolute Gasteiger partial charge is 0.204 e. The summed E-state index contributed by atoms with van der Waals surface area (Å²) < 4.78 is 2.15. The molecule has 0 amide bonds. The molecule has 0 bridgehead atoms. The first-order chi connectivity index (χ1) is 18.4. The summed E-state index contributed by atoms with van der Waals surface area (Å²) in [6.45, 7) is 11.8. The van der Waals surface area contributed by atoms with Crippen molar-refractivity contribution in [1.29, 1.82) is 0 Å². The molecule has 3 N–H and O–H groups in total. The van der Waals surface area contributed by atoms with Gasteiger partial charge in [0.25, 0.3) is 0 Å². The van der Waals surface area contributed by atoms with E-state index in [4.69, 9.17) is 4.98 Å². The molecule has 4 aromatic rings. The second-order valence-electron chi connectivity index (χ2n) is 10.7. The van der Waals surface area contributed by atoms with Crippen LogP contribution < -0.4 is 10.6 Å². The molecule has 3 heterocycles. The zero-order valence-electron chi connectivity index (χ0n) is 22.9. The van der Waals surface area contributed by atoms with E-state index in [1.807, 2.05) is 13.0 Å². The van der Waals surface area contributed by atoms with Crippen LogP contribution in [0.25, 0.3) is 11.0 Å². The van der Waals surface area contributed by atoms with Crippen molar-refractivity contribution < 1.29 is 5.11 Å². The van der Waals surface area contributed by atoms with E-state index in [0.717, 1.165) is 54.4 Å². The molecule has 1 fully saturated rings. The lowest BCUT2D eigenvalue weighted by atomic mass is 10.1. The third kappa shape index (κ3) is 6.45. The fourth-order valence-electron chi connectivity index (χ4n) is 5.41. The predicted molar refractivity (Wildman–Crippen MR) is 156 cm³/mol. The van der Waals surface area contributed by atoms with E-state index < -0.39 is 0 Å². The highest BCUT2D eigenvalue weighted by atomic mass is 16.3. The fourth-order valence-corrected chi connectivity index (χ4v) is 5.41. The molecule has 0 atom stereocenters. The summed E-state index contributed by atoms with van der Waals surface area (Å²) in [7, 11) is 0. The lowest BCUT2D eigenvalue weighted by Gasteiger charge is -2.26. The topological polar surface area (TPSA) is 78.2 Å². The first kappa shape index (κ1) is 26.0. The van der Waals surface area contributed by atoms with Gasteiger partial charge in [0.1, 0.15) is 11.4 Å². The quantitative estimate of drug-likeness (QED) is 0.226. The predicted octanol–water partition coefficient (Wildman–Crippen LogP) is 6.01. The van der Waals surface area contributed by atoms with Gasteiger partial charge in [-0.2, -0.15) is 0 Å². The monoisotopic (exact) mass is 512 g/mol. The Kier molecular flexibility index (Phi) is 8.13. The third-order valence-corrected chi connectivity index (χ3v) is 7.31. The molecule has 0 unspecified atom stereocenters. The van der Waals surface area contributed by atoms with Crippen molar-refractivity contribution in [3.63, 3.8) is 0 Å². The Hall–Kier alpha value is -3.58. The van der Waals surface area contributed by atoms with Crippen molar-refractivity contribution in [2.45, 2.75) is 59.5 Å². The maximum absolute atomic E-state index is 10.5. The van der Waals surface area contributed by atoms with E-state index in [9.17, 15) is 5.11 Å². The Morgan fingerprint density at radius 1 is 0.868 bits per heavy atom. The van der Waals surface area contributed by atoms with Gasteiger partial charge in [-0.25, -0.2) is 4.98 Å². The first-order valence-electron chi connectivity index (χ1n) is 13.9. The molecule has 200 valence electrons. The minimum absolute atomic E-state index is 0.209. The summed E-state index contributed by atoms with van der Waals surface area (Å²) in [5, 5.41) is 17.7. The van der Waals surface area contributed by atoms with Gasteiger partial charge in [-0.1, -0.05) is 18.6 Å². The number of nitrogens with one attached hydrogen (secondary N) is 2. The number of fused-ring (bicyclic) bond motifs is 1. The Labute approximate surface area is 225 Å². The van der Waals surface area contributed by atoms with Crippen molar-refractivity contribution in [2.24, 2.45) is 0 Å². The van der Waals surface area contributed by atoms with Crippen LogP contribution in [-0.4, -0.2) is 50.7 Å². The summed E-state index contributed by atoms with van der Waals surface area (Å²) in [6.07, 6.45) is 5.07. The summed E-state index contributed by atoms with van der Waals surface area (Å²) in [5.41, 5.74) is 8.31. The van der Waals surface area contributed by atoms with Crippen LogP contribution in [0.2, 0.25) is 0 Å². The van der Waals surface area contributed by atoms with Gasteiger partial charge in [-0.3, -0.25) is 4.98 Å². The van der Waals surface area contributed by atoms with Crippen LogP contribution in [0.15, 0.2) is 48.5 Å². The Morgan fingerprint density at radius 2 is 1.66 bits per heavy atom. The number of piperidine rings is 1. The highest BCUT2D eigenvalue weighted by Crippen LogP contribution is 2.26. The average Bonchev–Trinajstić information content (AvgIpc) is 3.24. The summed E-state index contributed by atoms with van der Waals surface area (Å²) in [4.78, 5) is 12.1. The molecule has 0 radical (unpaired) electrons. The molecular formula is C31H40N6O. The standard InChI is InChI=1S/C31H40N6O/c1-22-16-23(2)18-26(17-22)33-20-25-9-10-27-29(19-25)37(21-28-30(38)11-8-24(3)34-28)31(35-27)32-12-7-15-36-13-5-4-6-14-36/h8-11,16-19,33,38H,4-7,12-15,20-21H2,1-3H3,(H,32,35). The van der Waals surface area contributed by atoms with E-state index in [-0.39, 0.29) is 5.75 Å². The van der Waals surface area contributed by atoms with Crippen LogP contribution >= 0.6 is 0 Å². The van der Waals surface area contributed by atoms with Gasteiger partial charge >= 0.3 is 0 Å². The maximum Gasteiger partial charge on any atom is 0.204 e. The minimum Gasteiger partial charge on any atom is -0.506 e. The molecule has 7 heteroatoms. The van der Waals surface area contributed by atoms with Crippen LogP contribution in [0.1, 0.15) is 53.8 Å². The number of hydrogen-bond donors (Lipinski definition) is 3. The lowest BCUT2D eigenvalue weighted by Crippen LogP contribution is -2.31. The normalized spacial score (nSPS) is 14.2. The third-order valence-electron chi connectivity index (χ3n) is 7.31. The summed E-state index contributed by atoms with van der Waals surface area (Å²) in [6, 6.07) is 16.5. The number of hydrogen-bond acceptors (Lipinski definition) is 6. The zero-order valence-corrected chi connectivity index (χ0v) is 22.9. The van der Waals surface area contributed by atoms with E-state index in [0.29, 0.717) is 12.2 Å². The highest BCUT2D eigenvalue weighted by molar-refractivity contribution is 5.80. The number of anilines is 2. The van der Waals surface area contributed by atoms with Crippen molar-refractivity contribution >= 4 is 22.7 Å². The molecule has 7 nitrogen and oxygen atoms in total. The van der Waals surface area contributed by atoms with E-state index in [2.05, 4.69) is 75.3 Å². The number of imidazole rings is 1. The van der Waals surface area contributed by atoms with Gasteiger partial charge in [0, 0.05) is 24.5 Å². The van der Waals surface area contributed by atoms with Crippen LogP contribution in [0.5, 0.6) is 5.75 Å². The molecule has 5 rings (SSSR count). The number of aromatic nitrogens is 3. The van der Waals surface area contributed by atoms with Crippen molar-refractivity contribution in [2.75, 3.05) is 36.8 Å². The maximum atomic E-state index is 10.5. The summed E-state index contributed by atoms with van der Waals surface area (Å²) >= 11 is 0.